The monoisotopic (exact) mass is 899 g/mol. The van der Waals surface area contributed by atoms with Gasteiger partial charge in [-0.05, 0) is 109 Å². The Morgan fingerprint density at radius 3 is 1.15 bits per heavy atom. The van der Waals surface area contributed by atoms with Gasteiger partial charge in [0.15, 0.2) is 6.10 Å². The lowest BCUT2D eigenvalue weighted by Crippen LogP contribution is -2.30. The maximum atomic E-state index is 12.8. The molecule has 0 aromatic rings. The van der Waals surface area contributed by atoms with Crippen LogP contribution in [0.25, 0.3) is 0 Å². The average molecular weight is 899 g/mol. The van der Waals surface area contributed by atoms with Gasteiger partial charge in [0.05, 0.1) is 0 Å². The third-order valence-corrected chi connectivity index (χ3v) is 10.5. The largest absolute Gasteiger partial charge is 0.462 e. The molecule has 0 bridgehead atoms. The first-order valence-electron chi connectivity index (χ1n) is 26.1. The summed E-state index contributed by atoms with van der Waals surface area (Å²) in [4.78, 5) is 38.0. The van der Waals surface area contributed by atoms with Gasteiger partial charge in [0.1, 0.15) is 13.2 Å². The first-order valence-corrected chi connectivity index (χ1v) is 26.1. The number of esters is 3. The van der Waals surface area contributed by atoms with Crippen molar-refractivity contribution < 1.29 is 28.6 Å². The van der Waals surface area contributed by atoms with E-state index < -0.39 is 6.10 Å². The standard InChI is InChI=1S/C59H94O6/c1-4-7-10-13-16-19-22-25-27-28-29-30-32-34-37-40-43-46-49-52-58(61)64-55-56(54-63-57(60)51-48-45-42-39-36-33-24-21-18-15-12-9-6-3)65-59(62)53-50-47-44-41-38-35-31-26-23-20-17-14-11-8-5-2/h7,9-10,12,15-16,18-21,23-25,27,29-30,33-34,36-37,56H,4-6,8,11,13-14,17,22,26,28,31-32,35,38-55H2,1-3H3/b10-7-,12-9-,18-15-,19-16-,23-20-,24-21-,27-25-,30-29-,36-33-,37-34-. The first kappa shape index (κ1) is 60.8. The lowest BCUT2D eigenvalue weighted by atomic mass is 10.1. The quantitative estimate of drug-likeness (QED) is 0.0199. The minimum absolute atomic E-state index is 0.113. The summed E-state index contributed by atoms with van der Waals surface area (Å²) in [5.74, 6) is -0.993. The summed E-state index contributed by atoms with van der Waals surface area (Å²) in [7, 11) is 0. The molecular weight excluding hydrogens is 805 g/mol. The molecule has 366 valence electrons. The Hall–Kier alpha value is -4.19. The third-order valence-electron chi connectivity index (χ3n) is 10.5. The van der Waals surface area contributed by atoms with Crippen LogP contribution in [-0.2, 0) is 28.6 Å². The van der Waals surface area contributed by atoms with Gasteiger partial charge < -0.3 is 14.2 Å². The van der Waals surface area contributed by atoms with E-state index >= 15 is 0 Å². The Morgan fingerprint density at radius 1 is 0.338 bits per heavy atom. The number of hydrogen-bond donors (Lipinski definition) is 0. The zero-order valence-electron chi connectivity index (χ0n) is 41.7. The van der Waals surface area contributed by atoms with Gasteiger partial charge in [-0.3, -0.25) is 14.4 Å². The molecule has 0 heterocycles. The number of rotatable bonds is 45. The van der Waals surface area contributed by atoms with Crippen LogP contribution in [0.1, 0.15) is 213 Å². The van der Waals surface area contributed by atoms with E-state index in [9.17, 15) is 14.4 Å². The van der Waals surface area contributed by atoms with Crippen molar-refractivity contribution in [3.05, 3.63) is 122 Å². The Balaban J connectivity index is 4.52. The summed E-state index contributed by atoms with van der Waals surface area (Å²) in [6.45, 7) is 6.29. The van der Waals surface area contributed by atoms with Crippen molar-refractivity contribution in [2.24, 2.45) is 0 Å². The Labute approximate surface area is 399 Å². The first-order chi connectivity index (χ1) is 32.0. The molecule has 0 fully saturated rings. The number of unbranched alkanes of at least 4 members (excludes halogenated alkanes) is 17. The van der Waals surface area contributed by atoms with E-state index in [1.54, 1.807) is 0 Å². The molecule has 0 spiro atoms. The second kappa shape index (κ2) is 52.4. The highest BCUT2D eigenvalue weighted by Gasteiger charge is 2.19. The molecule has 0 radical (unpaired) electrons. The van der Waals surface area contributed by atoms with Crippen molar-refractivity contribution in [1.29, 1.82) is 0 Å². The molecule has 0 rings (SSSR count). The van der Waals surface area contributed by atoms with E-state index in [1.807, 2.05) is 36.5 Å². The van der Waals surface area contributed by atoms with Crippen molar-refractivity contribution >= 4 is 17.9 Å². The number of ether oxygens (including phenoxy) is 3. The van der Waals surface area contributed by atoms with Crippen LogP contribution in [0, 0.1) is 0 Å². The number of allylic oxidation sites excluding steroid dienone is 20. The van der Waals surface area contributed by atoms with Crippen LogP contribution in [0.4, 0.5) is 0 Å². The number of carbonyl (C=O) groups is 3. The highest BCUT2D eigenvalue weighted by Crippen LogP contribution is 2.13. The van der Waals surface area contributed by atoms with Gasteiger partial charge in [0.25, 0.3) is 0 Å². The molecule has 0 aliphatic carbocycles. The molecule has 0 aliphatic rings. The van der Waals surface area contributed by atoms with Crippen LogP contribution in [0.15, 0.2) is 122 Å². The maximum absolute atomic E-state index is 12.8. The Morgan fingerprint density at radius 2 is 0.677 bits per heavy atom. The van der Waals surface area contributed by atoms with Crippen molar-refractivity contribution in [2.45, 2.75) is 219 Å². The van der Waals surface area contributed by atoms with Crippen molar-refractivity contribution in [3.8, 4) is 0 Å². The van der Waals surface area contributed by atoms with Crippen LogP contribution in [0.2, 0.25) is 0 Å². The van der Waals surface area contributed by atoms with Crippen LogP contribution in [-0.4, -0.2) is 37.2 Å². The van der Waals surface area contributed by atoms with E-state index in [4.69, 9.17) is 14.2 Å². The van der Waals surface area contributed by atoms with Crippen LogP contribution >= 0.6 is 0 Å². The summed E-state index contributed by atoms with van der Waals surface area (Å²) < 4.78 is 16.7. The molecule has 0 aromatic carbocycles. The third kappa shape index (κ3) is 50.7. The molecule has 1 atom stereocenters. The minimum atomic E-state index is -0.813. The summed E-state index contributed by atoms with van der Waals surface area (Å²) >= 11 is 0. The van der Waals surface area contributed by atoms with Crippen molar-refractivity contribution in [2.75, 3.05) is 13.2 Å². The fourth-order valence-electron chi connectivity index (χ4n) is 6.65. The molecule has 0 saturated carbocycles. The lowest BCUT2D eigenvalue weighted by Gasteiger charge is -2.18. The zero-order valence-corrected chi connectivity index (χ0v) is 41.7. The van der Waals surface area contributed by atoms with Crippen molar-refractivity contribution in [1.82, 2.24) is 0 Å². The van der Waals surface area contributed by atoms with Crippen LogP contribution < -0.4 is 0 Å². The van der Waals surface area contributed by atoms with Gasteiger partial charge in [-0.15, -0.1) is 0 Å². The minimum Gasteiger partial charge on any atom is -0.462 e. The molecule has 0 amide bonds. The maximum Gasteiger partial charge on any atom is 0.306 e. The van der Waals surface area contributed by atoms with Gasteiger partial charge in [-0.25, -0.2) is 0 Å². The summed E-state index contributed by atoms with van der Waals surface area (Å²) in [6, 6.07) is 0. The summed E-state index contributed by atoms with van der Waals surface area (Å²) in [5.41, 5.74) is 0. The van der Waals surface area contributed by atoms with Crippen LogP contribution in [0.5, 0.6) is 0 Å². The summed E-state index contributed by atoms with van der Waals surface area (Å²) in [6.07, 6.45) is 71.8. The molecule has 0 aromatic heterocycles. The smallest absolute Gasteiger partial charge is 0.306 e. The molecule has 0 N–H and O–H groups in total. The average Bonchev–Trinajstić information content (AvgIpc) is 3.30. The predicted octanol–water partition coefficient (Wildman–Crippen LogP) is 17.3. The molecular formula is C59H94O6. The predicted molar refractivity (Wildman–Crippen MR) is 279 cm³/mol. The number of carbonyl (C=O) groups excluding carboxylic acids is 3. The molecule has 0 saturated heterocycles. The fourth-order valence-corrected chi connectivity index (χ4v) is 6.65. The normalized spacial score (nSPS) is 13.1. The summed E-state index contributed by atoms with van der Waals surface area (Å²) in [5, 5.41) is 0. The van der Waals surface area contributed by atoms with E-state index in [2.05, 4.69) is 106 Å². The van der Waals surface area contributed by atoms with E-state index in [0.717, 1.165) is 109 Å². The molecule has 6 nitrogen and oxygen atoms in total. The zero-order chi connectivity index (χ0) is 47.2. The van der Waals surface area contributed by atoms with Gasteiger partial charge >= 0.3 is 17.9 Å². The van der Waals surface area contributed by atoms with Gasteiger partial charge in [-0.2, -0.15) is 0 Å². The highest BCUT2D eigenvalue weighted by atomic mass is 16.6. The fraction of sp³-hybridized carbons (Fsp3) is 0.610. The molecule has 0 aliphatic heterocycles. The van der Waals surface area contributed by atoms with Gasteiger partial charge in [0, 0.05) is 19.3 Å². The molecule has 65 heavy (non-hydrogen) atoms. The Kier molecular flexibility index (Phi) is 49.1. The van der Waals surface area contributed by atoms with E-state index in [0.29, 0.717) is 19.3 Å². The number of hydrogen-bond acceptors (Lipinski definition) is 6. The van der Waals surface area contributed by atoms with Gasteiger partial charge in [-0.1, -0.05) is 206 Å². The topological polar surface area (TPSA) is 78.9 Å². The SMILES string of the molecule is CC\C=C/C=C\C=C/C=C\CCCCCC(=O)OCC(COC(=O)CCCCC/C=C\C/C=C\C/C=C\C/C=C\C/C=C\CC)OC(=O)CCCCCCCCC/C=C\CCCCCC. The molecule has 1 unspecified atom stereocenters. The van der Waals surface area contributed by atoms with E-state index in [-0.39, 0.29) is 31.1 Å². The van der Waals surface area contributed by atoms with Crippen LogP contribution in [0.3, 0.4) is 0 Å². The van der Waals surface area contributed by atoms with Gasteiger partial charge in [0.2, 0.25) is 0 Å². The van der Waals surface area contributed by atoms with E-state index in [1.165, 1.54) is 64.2 Å². The second-order valence-corrected chi connectivity index (χ2v) is 16.8. The lowest BCUT2D eigenvalue weighted by molar-refractivity contribution is -0.167. The van der Waals surface area contributed by atoms with Crippen molar-refractivity contribution in [3.63, 3.8) is 0 Å². The highest BCUT2D eigenvalue weighted by molar-refractivity contribution is 5.71. The Bertz CT molecular complexity index is 1400. The molecule has 6 heteroatoms. The second-order valence-electron chi connectivity index (χ2n) is 16.8.